The number of methoxy groups -OCH3 is 1. The van der Waals surface area contributed by atoms with Gasteiger partial charge in [0, 0.05) is 18.9 Å². The van der Waals surface area contributed by atoms with E-state index >= 15 is 0 Å². The van der Waals surface area contributed by atoms with Gasteiger partial charge >= 0.3 is 12.1 Å². The molecule has 2 rings (SSSR count). The lowest BCUT2D eigenvalue weighted by Crippen LogP contribution is -2.54. The van der Waals surface area contributed by atoms with Crippen LogP contribution >= 0.6 is 0 Å². The van der Waals surface area contributed by atoms with Crippen LogP contribution in [0.4, 0.5) is 4.79 Å². The van der Waals surface area contributed by atoms with Crippen LogP contribution in [0.15, 0.2) is 0 Å². The van der Waals surface area contributed by atoms with Crippen LogP contribution in [0.2, 0.25) is 18.1 Å². The van der Waals surface area contributed by atoms with Crippen molar-refractivity contribution in [2.45, 2.75) is 110 Å². The number of hydrogen-bond donors (Lipinski definition) is 0. The lowest BCUT2D eigenvalue weighted by molar-refractivity contribution is -0.153. The highest BCUT2D eigenvalue weighted by molar-refractivity contribution is 6.74. The Hall–Kier alpha value is -1.12. The Bertz CT molecular complexity index is 683. The van der Waals surface area contributed by atoms with Crippen molar-refractivity contribution in [3.8, 4) is 0 Å². The van der Waals surface area contributed by atoms with Crippen molar-refractivity contribution in [3.05, 3.63) is 0 Å². The summed E-state index contributed by atoms with van der Waals surface area (Å²) in [7, 11) is -0.522. The monoisotopic (exact) mass is 457 g/mol. The van der Waals surface area contributed by atoms with E-state index in [-0.39, 0.29) is 23.5 Å². The Morgan fingerprint density at radius 1 is 1.13 bits per heavy atom. The Morgan fingerprint density at radius 3 is 2.16 bits per heavy atom. The van der Waals surface area contributed by atoms with Crippen molar-refractivity contribution in [1.82, 2.24) is 4.90 Å². The molecule has 0 aromatic rings. The van der Waals surface area contributed by atoms with Crippen LogP contribution in [0.5, 0.6) is 0 Å². The first-order valence-electron chi connectivity index (χ1n) is 11.4. The molecule has 0 bridgehead atoms. The summed E-state index contributed by atoms with van der Waals surface area (Å²) in [5.41, 5.74) is -1.19. The average molecular weight is 458 g/mol. The highest BCUT2D eigenvalue weighted by Gasteiger charge is 2.65. The standard InChI is InChI=1S/C23H43NO6Si/c1-12-28-19(25)17-15-13-14-23(8,30-31(10,11)22(5,6)7)16(15)18(27-9)24(17)20(26)29-21(2,3)4/h15-18H,12-14H2,1-11H3/t15-,16+,17-,18-,23+/m0/s1. The SMILES string of the molecule is CCOC(=O)[C@@H]1[C@H]2CC[C@@](C)(O[Si](C)(C)C(C)(C)C)[C@H]2[C@H](OC)N1C(=O)OC(C)(C)C. The van der Waals surface area contributed by atoms with E-state index in [2.05, 4.69) is 40.8 Å². The molecule has 0 spiro atoms. The summed E-state index contributed by atoms with van der Waals surface area (Å²) in [5.74, 6) is -0.653. The van der Waals surface area contributed by atoms with Crippen LogP contribution in [0.3, 0.4) is 0 Å². The number of hydrogen-bond acceptors (Lipinski definition) is 6. The van der Waals surface area contributed by atoms with Gasteiger partial charge in [-0.2, -0.15) is 0 Å². The molecular formula is C23H43NO6Si. The molecule has 2 fully saturated rings. The molecule has 31 heavy (non-hydrogen) atoms. The van der Waals surface area contributed by atoms with E-state index in [0.717, 1.165) is 12.8 Å². The third kappa shape index (κ3) is 5.11. The number of carbonyl (C=O) groups excluding carboxylic acids is 2. The summed E-state index contributed by atoms with van der Waals surface area (Å²) in [4.78, 5) is 27.7. The van der Waals surface area contributed by atoms with E-state index < -0.39 is 43.9 Å². The van der Waals surface area contributed by atoms with Crippen LogP contribution in [0.1, 0.15) is 68.2 Å². The van der Waals surface area contributed by atoms with Crippen LogP contribution in [0.25, 0.3) is 0 Å². The zero-order valence-electron chi connectivity index (χ0n) is 21.3. The summed E-state index contributed by atoms with van der Waals surface area (Å²) in [6.45, 7) is 20.7. The predicted octanol–water partition coefficient (Wildman–Crippen LogP) is 4.95. The van der Waals surface area contributed by atoms with Crippen molar-refractivity contribution in [2.75, 3.05) is 13.7 Å². The molecule has 1 saturated carbocycles. The first-order valence-corrected chi connectivity index (χ1v) is 14.3. The normalized spacial score (nSPS) is 31.5. The summed E-state index contributed by atoms with van der Waals surface area (Å²) in [6, 6.07) is -0.741. The van der Waals surface area contributed by atoms with E-state index in [9.17, 15) is 9.59 Å². The fourth-order valence-corrected chi connectivity index (χ4v) is 6.53. The van der Waals surface area contributed by atoms with Gasteiger partial charge in [0.15, 0.2) is 8.32 Å². The minimum Gasteiger partial charge on any atom is -0.464 e. The molecule has 8 heteroatoms. The molecule has 180 valence electrons. The lowest BCUT2D eigenvalue weighted by Gasteiger charge is -2.46. The summed E-state index contributed by atoms with van der Waals surface area (Å²) < 4.78 is 23.9. The maximum atomic E-state index is 13.2. The average Bonchev–Trinajstić information content (AvgIpc) is 3.07. The van der Waals surface area contributed by atoms with Crippen molar-refractivity contribution in [3.63, 3.8) is 0 Å². The Kier molecular flexibility index (Phi) is 7.31. The van der Waals surface area contributed by atoms with Gasteiger partial charge in [-0.05, 0) is 65.6 Å². The molecule has 0 N–H and O–H groups in total. The summed E-state index contributed by atoms with van der Waals surface area (Å²) in [6.07, 6.45) is 0.401. The molecule has 0 aromatic heterocycles. The molecular weight excluding hydrogens is 414 g/mol. The van der Waals surface area contributed by atoms with Crippen molar-refractivity contribution in [2.24, 2.45) is 11.8 Å². The minimum atomic E-state index is -2.10. The fourth-order valence-electron chi connectivity index (χ4n) is 4.82. The second kappa shape index (κ2) is 8.67. The van der Waals surface area contributed by atoms with Crippen LogP contribution in [-0.2, 0) is 23.4 Å². The van der Waals surface area contributed by atoms with Gasteiger partial charge in [-0.25, -0.2) is 9.59 Å². The molecule has 0 radical (unpaired) electrons. The maximum absolute atomic E-state index is 13.2. The zero-order chi connectivity index (χ0) is 24.0. The highest BCUT2D eigenvalue weighted by Crippen LogP contribution is 2.55. The van der Waals surface area contributed by atoms with Crippen molar-refractivity contribution >= 4 is 20.4 Å². The van der Waals surface area contributed by atoms with E-state index in [4.69, 9.17) is 18.6 Å². The fraction of sp³-hybridized carbons (Fsp3) is 0.913. The topological polar surface area (TPSA) is 74.3 Å². The number of ether oxygens (including phenoxy) is 3. The summed E-state index contributed by atoms with van der Waals surface area (Å²) >= 11 is 0. The number of rotatable bonds is 5. The van der Waals surface area contributed by atoms with Crippen molar-refractivity contribution < 1.29 is 28.2 Å². The Morgan fingerprint density at radius 2 is 1.71 bits per heavy atom. The molecule has 1 aliphatic carbocycles. The van der Waals surface area contributed by atoms with E-state index in [1.165, 1.54) is 4.90 Å². The van der Waals surface area contributed by atoms with E-state index in [0.29, 0.717) is 0 Å². The Balaban J connectivity index is 2.48. The first-order chi connectivity index (χ1) is 14.0. The van der Waals surface area contributed by atoms with E-state index in [1.54, 1.807) is 14.0 Å². The lowest BCUT2D eigenvalue weighted by atomic mass is 9.86. The predicted molar refractivity (Wildman–Crippen MR) is 122 cm³/mol. The van der Waals surface area contributed by atoms with Crippen LogP contribution < -0.4 is 0 Å². The molecule has 7 nitrogen and oxygen atoms in total. The smallest absolute Gasteiger partial charge is 0.413 e. The van der Waals surface area contributed by atoms with Gasteiger partial charge in [-0.1, -0.05) is 20.8 Å². The zero-order valence-corrected chi connectivity index (χ0v) is 22.3. The molecule has 0 unspecified atom stereocenters. The highest BCUT2D eigenvalue weighted by atomic mass is 28.4. The van der Waals surface area contributed by atoms with Crippen LogP contribution in [0, 0.1) is 11.8 Å². The molecule has 1 aliphatic heterocycles. The van der Waals surface area contributed by atoms with Crippen molar-refractivity contribution in [1.29, 1.82) is 0 Å². The van der Waals surface area contributed by atoms with E-state index in [1.807, 2.05) is 20.8 Å². The number of nitrogens with zero attached hydrogens (tertiary/aromatic N) is 1. The molecule has 0 aromatic carbocycles. The number of amides is 1. The second-order valence-corrected chi connectivity index (χ2v) is 16.3. The molecule has 5 atom stereocenters. The van der Waals surface area contributed by atoms with Gasteiger partial charge in [0.25, 0.3) is 0 Å². The minimum absolute atomic E-state index is 0.0423. The number of fused-ring (bicyclic) bond motifs is 1. The number of likely N-dealkylation sites (tertiary alicyclic amines) is 1. The molecule has 1 heterocycles. The third-order valence-corrected chi connectivity index (χ3v) is 11.7. The Labute approximate surface area is 189 Å². The second-order valence-electron chi connectivity index (χ2n) is 11.6. The van der Waals surface area contributed by atoms with Gasteiger partial charge in [-0.3, -0.25) is 4.90 Å². The molecule has 2 aliphatic rings. The van der Waals surface area contributed by atoms with Crippen LogP contribution in [-0.4, -0.2) is 62.5 Å². The largest absolute Gasteiger partial charge is 0.464 e. The van der Waals surface area contributed by atoms with Gasteiger partial charge in [-0.15, -0.1) is 0 Å². The third-order valence-electron chi connectivity index (χ3n) is 7.10. The van der Waals surface area contributed by atoms with Gasteiger partial charge in [0.05, 0.1) is 12.2 Å². The quantitative estimate of drug-likeness (QED) is 0.430. The number of esters is 1. The maximum Gasteiger partial charge on any atom is 0.413 e. The molecule has 1 amide bonds. The van der Waals surface area contributed by atoms with Gasteiger partial charge < -0.3 is 18.6 Å². The number of carbonyl (C=O) groups is 2. The molecule has 1 saturated heterocycles. The summed E-state index contributed by atoms with van der Waals surface area (Å²) in [5, 5.41) is 0.0423. The van der Waals surface area contributed by atoms with Gasteiger partial charge in [0.2, 0.25) is 0 Å². The first kappa shape index (κ1) is 26.1. The van der Waals surface area contributed by atoms with Gasteiger partial charge in [0.1, 0.15) is 17.9 Å².